The lowest BCUT2D eigenvalue weighted by molar-refractivity contribution is -0.141. The van der Waals surface area contributed by atoms with E-state index >= 15 is 0 Å². The third kappa shape index (κ3) is 3.98. The standard InChI is InChI=1S/C13H11ClF3N3O/c1-21-9-5-3-2-4-8(9)7-18-11-6-10(13(15,16)17)19-12(14)20-11/h2-6H,7H2,1H3,(H,18,19,20). The second-order valence-corrected chi connectivity index (χ2v) is 4.41. The van der Waals surface area contributed by atoms with Crippen LogP contribution in [0.2, 0.25) is 5.28 Å². The van der Waals surface area contributed by atoms with Crippen LogP contribution in [-0.2, 0) is 12.7 Å². The van der Waals surface area contributed by atoms with Crippen molar-refractivity contribution in [3.63, 3.8) is 0 Å². The van der Waals surface area contributed by atoms with Crippen LogP contribution in [0.5, 0.6) is 5.75 Å². The van der Waals surface area contributed by atoms with Crippen molar-refractivity contribution in [2.24, 2.45) is 0 Å². The van der Waals surface area contributed by atoms with Gasteiger partial charge in [-0.3, -0.25) is 0 Å². The van der Waals surface area contributed by atoms with Crippen LogP contribution in [0.1, 0.15) is 11.3 Å². The van der Waals surface area contributed by atoms with Gasteiger partial charge >= 0.3 is 6.18 Å². The molecule has 1 heterocycles. The summed E-state index contributed by atoms with van der Waals surface area (Å²) in [5.41, 5.74) is -0.312. The Labute approximate surface area is 123 Å². The molecule has 0 saturated carbocycles. The second kappa shape index (κ2) is 6.17. The molecule has 1 aromatic carbocycles. The molecule has 0 unspecified atom stereocenters. The Kier molecular flexibility index (Phi) is 4.52. The molecule has 0 saturated heterocycles. The van der Waals surface area contributed by atoms with E-state index in [0.717, 1.165) is 11.6 Å². The highest BCUT2D eigenvalue weighted by molar-refractivity contribution is 6.28. The van der Waals surface area contributed by atoms with Crippen molar-refractivity contribution >= 4 is 17.4 Å². The molecule has 1 aromatic heterocycles. The number of hydrogen-bond acceptors (Lipinski definition) is 4. The first kappa shape index (κ1) is 15.4. The first-order valence-electron chi connectivity index (χ1n) is 5.87. The molecule has 2 rings (SSSR count). The molecule has 0 bridgehead atoms. The molecular formula is C13H11ClF3N3O. The number of aromatic nitrogens is 2. The van der Waals surface area contributed by atoms with E-state index in [-0.39, 0.29) is 12.4 Å². The van der Waals surface area contributed by atoms with Gasteiger partial charge in [0.25, 0.3) is 0 Å². The van der Waals surface area contributed by atoms with Crippen LogP contribution in [0.4, 0.5) is 19.0 Å². The van der Waals surface area contributed by atoms with Crippen molar-refractivity contribution in [3.8, 4) is 5.75 Å². The Morgan fingerprint density at radius 1 is 1.24 bits per heavy atom. The van der Waals surface area contributed by atoms with E-state index in [2.05, 4.69) is 15.3 Å². The fraction of sp³-hybridized carbons (Fsp3) is 0.231. The van der Waals surface area contributed by atoms with Crippen LogP contribution in [0, 0.1) is 0 Å². The van der Waals surface area contributed by atoms with Gasteiger partial charge in [-0.15, -0.1) is 0 Å². The minimum Gasteiger partial charge on any atom is -0.496 e. The van der Waals surface area contributed by atoms with E-state index in [1.165, 1.54) is 7.11 Å². The lowest BCUT2D eigenvalue weighted by Gasteiger charge is -2.11. The summed E-state index contributed by atoms with van der Waals surface area (Å²) < 4.78 is 43.1. The summed E-state index contributed by atoms with van der Waals surface area (Å²) in [5, 5.41) is 2.31. The number of anilines is 1. The maximum Gasteiger partial charge on any atom is 0.433 e. The zero-order valence-corrected chi connectivity index (χ0v) is 11.7. The lowest BCUT2D eigenvalue weighted by Crippen LogP contribution is -2.11. The van der Waals surface area contributed by atoms with Gasteiger partial charge in [0.05, 0.1) is 7.11 Å². The Bertz CT molecular complexity index is 634. The van der Waals surface area contributed by atoms with E-state index in [9.17, 15) is 13.2 Å². The van der Waals surface area contributed by atoms with E-state index in [1.54, 1.807) is 24.3 Å². The van der Waals surface area contributed by atoms with E-state index in [1.807, 2.05) is 0 Å². The van der Waals surface area contributed by atoms with Gasteiger partial charge in [0.1, 0.15) is 11.6 Å². The molecule has 0 radical (unpaired) electrons. The molecule has 0 fully saturated rings. The number of halogens is 4. The molecule has 0 aliphatic heterocycles. The fourth-order valence-electron chi connectivity index (χ4n) is 1.69. The zero-order valence-electron chi connectivity index (χ0n) is 10.9. The van der Waals surface area contributed by atoms with Gasteiger partial charge in [-0.25, -0.2) is 9.97 Å². The number of nitrogens with one attached hydrogen (secondary N) is 1. The summed E-state index contributed by atoms with van der Waals surface area (Å²) in [6, 6.07) is 7.95. The molecule has 112 valence electrons. The maximum atomic E-state index is 12.6. The maximum absolute atomic E-state index is 12.6. The lowest BCUT2D eigenvalue weighted by atomic mass is 10.2. The Hall–Kier alpha value is -2.02. The number of hydrogen-bond donors (Lipinski definition) is 1. The number of nitrogens with zero attached hydrogens (tertiary/aromatic N) is 2. The Balaban J connectivity index is 2.19. The van der Waals surface area contributed by atoms with Crippen molar-refractivity contribution in [1.82, 2.24) is 9.97 Å². The zero-order chi connectivity index (χ0) is 15.5. The quantitative estimate of drug-likeness (QED) is 0.872. The number of alkyl halides is 3. The van der Waals surface area contributed by atoms with Gasteiger partial charge < -0.3 is 10.1 Å². The van der Waals surface area contributed by atoms with E-state index < -0.39 is 17.2 Å². The van der Waals surface area contributed by atoms with Crippen LogP contribution in [-0.4, -0.2) is 17.1 Å². The van der Waals surface area contributed by atoms with Crippen molar-refractivity contribution in [3.05, 3.63) is 46.9 Å². The van der Waals surface area contributed by atoms with Crippen molar-refractivity contribution in [1.29, 1.82) is 0 Å². The van der Waals surface area contributed by atoms with E-state index in [4.69, 9.17) is 16.3 Å². The van der Waals surface area contributed by atoms with Crippen LogP contribution in [0.25, 0.3) is 0 Å². The van der Waals surface area contributed by atoms with Gasteiger partial charge in [-0.05, 0) is 17.7 Å². The van der Waals surface area contributed by atoms with E-state index in [0.29, 0.717) is 5.75 Å². The van der Waals surface area contributed by atoms with Crippen LogP contribution in [0.15, 0.2) is 30.3 Å². The molecule has 0 aliphatic carbocycles. The van der Waals surface area contributed by atoms with Crippen LogP contribution >= 0.6 is 11.6 Å². The first-order valence-corrected chi connectivity index (χ1v) is 6.25. The molecule has 1 N–H and O–H groups in total. The van der Waals surface area contributed by atoms with Gasteiger partial charge in [0, 0.05) is 18.2 Å². The predicted molar refractivity (Wildman–Crippen MR) is 72.4 cm³/mol. The SMILES string of the molecule is COc1ccccc1CNc1cc(C(F)(F)F)nc(Cl)n1. The topological polar surface area (TPSA) is 47.0 Å². The minimum absolute atomic E-state index is 0.00627. The Morgan fingerprint density at radius 2 is 1.95 bits per heavy atom. The monoisotopic (exact) mass is 317 g/mol. The molecule has 0 spiro atoms. The molecule has 21 heavy (non-hydrogen) atoms. The highest BCUT2D eigenvalue weighted by Crippen LogP contribution is 2.29. The summed E-state index contributed by atoms with van der Waals surface area (Å²) >= 11 is 5.51. The molecule has 0 aliphatic rings. The largest absolute Gasteiger partial charge is 0.496 e. The number of ether oxygens (including phenoxy) is 1. The average Bonchev–Trinajstić information content (AvgIpc) is 2.44. The van der Waals surface area contributed by atoms with Gasteiger partial charge in [0.15, 0.2) is 5.69 Å². The molecule has 0 amide bonds. The fourth-order valence-corrected chi connectivity index (χ4v) is 1.87. The normalized spacial score (nSPS) is 11.3. The molecule has 2 aromatic rings. The Morgan fingerprint density at radius 3 is 2.62 bits per heavy atom. The van der Waals surface area contributed by atoms with Gasteiger partial charge in [-0.2, -0.15) is 13.2 Å². The smallest absolute Gasteiger partial charge is 0.433 e. The number of rotatable bonds is 4. The number of para-hydroxylation sites is 1. The third-order valence-corrected chi connectivity index (χ3v) is 2.81. The number of methoxy groups -OCH3 is 1. The summed E-state index contributed by atoms with van der Waals surface area (Å²) in [7, 11) is 1.52. The highest BCUT2D eigenvalue weighted by Gasteiger charge is 2.33. The molecular weight excluding hydrogens is 307 g/mol. The van der Waals surface area contributed by atoms with Gasteiger partial charge in [0.2, 0.25) is 5.28 Å². The van der Waals surface area contributed by atoms with Crippen molar-refractivity contribution in [2.75, 3.05) is 12.4 Å². The van der Waals surface area contributed by atoms with Gasteiger partial charge in [-0.1, -0.05) is 18.2 Å². The number of benzene rings is 1. The van der Waals surface area contributed by atoms with Crippen LogP contribution < -0.4 is 10.1 Å². The molecule has 0 atom stereocenters. The third-order valence-electron chi connectivity index (χ3n) is 2.64. The summed E-state index contributed by atoms with van der Waals surface area (Å²) in [5.74, 6) is 0.620. The molecule has 8 heteroatoms. The molecule has 4 nitrogen and oxygen atoms in total. The highest BCUT2D eigenvalue weighted by atomic mass is 35.5. The second-order valence-electron chi connectivity index (χ2n) is 4.07. The minimum atomic E-state index is -4.58. The predicted octanol–water partition coefficient (Wildman–Crippen LogP) is 3.77. The summed E-state index contributed by atoms with van der Waals surface area (Å²) in [6.45, 7) is 0.245. The summed E-state index contributed by atoms with van der Waals surface area (Å²) in [6.07, 6.45) is -4.58. The van der Waals surface area contributed by atoms with Crippen molar-refractivity contribution < 1.29 is 17.9 Å². The first-order chi connectivity index (χ1) is 9.90. The summed E-state index contributed by atoms with van der Waals surface area (Å²) in [4.78, 5) is 6.88. The van der Waals surface area contributed by atoms with Crippen LogP contribution in [0.3, 0.4) is 0 Å². The average molecular weight is 318 g/mol. The van der Waals surface area contributed by atoms with Crippen molar-refractivity contribution in [2.45, 2.75) is 12.7 Å².